The third-order valence-corrected chi connectivity index (χ3v) is 2.94. The topological polar surface area (TPSA) is 61.7 Å². The van der Waals surface area contributed by atoms with Gasteiger partial charge in [-0.15, -0.1) is 0 Å². The van der Waals surface area contributed by atoms with Gasteiger partial charge >= 0.3 is 5.97 Å². The van der Waals surface area contributed by atoms with Gasteiger partial charge in [0, 0.05) is 5.02 Å². The van der Waals surface area contributed by atoms with Crippen LogP contribution in [0.25, 0.3) is 0 Å². The number of hydrogen-bond donors (Lipinski definition) is 2. The summed E-state index contributed by atoms with van der Waals surface area (Å²) in [6, 6.07) is 13.8. The van der Waals surface area contributed by atoms with Crippen LogP contribution in [0.5, 0.6) is 0 Å². The molecule has 2 rings (SSSR count). The Kier molecular flexibility index (Phi) is 4.38. The maximum absolute atomic E-state index is 10.9. The monoisotopic (exact) mass is 288 g/mol. The van der Waals surface area contributed by atoms with Crippen molar-refractivity contribution in [1.82, 2.24) is 0 Å². The van der Waals surface area contributed by atoms with Crippen LogP contribution in [-0.4, -0.2) is 16.8 Å². The summed E-state index contributed by atoms with van der Waals surface area (Å²) in [6.45, 7) is 1.85. The maximum atomic E-state index is 10.9. The fraction of sp³-hybridized carbons (Fsp3) is 0.0667. The summed E-state index contributed by atoms with van der Waals surface area (Å²) in [5.41, 5.74) is 5.33. The van der Waals surface area contributed by atoms with Crippen molar-refractivity contribution in [3.05, 3.63) is 64.7 Å². The van der Waals surface area contributed by atoms with Crippen LogP contribution in [-0.2, 0) is 0 Å². The second kappa shape index (κ2) is 6.21. The van der Waals surface area contributed by atoms with Crippen LogP contribution in [0.2, 0.25) is 5.02 Å². The first-order valence-corrected chi connectivity index (χ1v) is 6.33. The van der Waals surface area contributed by atoms with Crippen molar-refractivity contribution in [1.29, 1.82) is 0 Å². The highest BCUT2D eigenvalue weighted by Gasteiger charge is 2.03. The van der Waals surface area contributed by atoms with Crippen molar-refractivity contribution in [2.45, 2.75) is 6.92 Å². The predicted octanol–water partition coefficient (Wildman–Crippen LogP) is 3.87. The van der Waals surface area contributed by atoms with Crippen molar-refractivity contribution in [3.8, 4) is 0 Å². The van der Waals surface area contributed by atoms with E-state index in [1.54, 1.807) is 18.2 Å². The summed E-state index contributed by atoms with van der Waals surface area (Å²) in [6.07, 6.45) is 0. The van der Waals surface area contributed by atoms with Crippen LogP contribution >= 0.6 is 11.6 Å². The van der Waals surface area contributed by atoms with E-state index in [-0.39, 0.29) is 5.56 Å². The molecule has 2 aromatic carbocycles. The highest BCUT2D eigenvalue weighted by Crippen LogP contribution is 2.13. The molecule has 0 bridgehead atoms. The molecule has 0 aromatic heterocycles. The normalized spacial score (nSPS) is 11.2. The molecule has 0 radical (unpaired) electrons. The summed E-state index contributed by atoms with van der Waals surface area (Å²) < 4.78 is 0. The van der Waals surface area contributed by atoms with Gasteiger partial charge in [-0.25, -0.2) is 4.79 Å². The Balaban J connectivity index is 2.16. The molecule has 20 heavy (non-hydrogen) atoms. The number of benzene rings is 2. The number of hydrazone groups is 1. The van der Waals surface area contributed by atoms with Crippen molar-refractivity contribution in [2.75, 3.05) is 5.43 Å². The number of aromatic carboxylic acids is 1. The summed E-state index contributed by atoms with van der Waals surface area (Å²) in [4.78, 5) is 10.9. The quantitative estimate of drug-likeness (QED) is 0.663. The minimum atomic E-state index is -0.968. The first kappa shape index (κ1) is 14.1. The highest BCUT2D eigenvalue weighted by atomic mass is 35.5. The highest BCUT2D eigenvalue weighted by molar-refractivity contribution is 6.31. The largest absolute Gasteiger partial charge is 0.478 e. The molecule has 0 saturated carbocycles. The fourth-order valence-electron chi connectivity index (χ4n) is 1.65. The number of halogens is 1. The molecule has 0 heterocycles. The molecule has 0 atom stereocenters. The van der Waals surface area contributed by atoms with E-state index < -0.39 is 5.97 Å². The molecular weight excluding hydrogens is 276 g/mol. The van der Waals surface area contributed by atoms with Crippen LogP contribution in [0.4, 0.5) is 5.69 Å². The first-order chi connectivity index (χ1) is 9.56. The minimum Gasteiger partial charge on any atom is -0.478 e. The Morgan fingerprint density at radius 2 is 1.85 bits per heavy atom. The molecule has 0 aliphatic carbocycles. The van der Waals surface area contributed by atoms with Crippen LogP contribution < -0.4 is 5.43 Å². The van der Waals surface area contributed by atoms with Gasteiger partial charge in [0.05, 0.1) is 17.0 Å². The number of nitrogens with zero attached hydrogens (tertiary/aromatic N) is 1. The third-order valence-electron chi connectivity index (χ3n) is 2.70. The molecule has 2 aromatic rings. The van der Waals surface area contributed by atoms with E-state index in [0.717, 1.165) is 11.3 Å². The first-order valence-electron chi connectivity index (χ1n) is 5.96. The molecule has 4 nitrogen and oxygen atoms in total. The number of carboxylic acids is 1. The minimum absolute atomic E-state index is 0.214. The Morgan fingerprint density at radius 1 is 1.15 bits per heavy atom. The number of carboxylic acid groups (broad SMARTS) is 1. The average Bonchev–Trinajstić information content (AvgIpc) is 2.45. The lowest BCUT2D eigenvalue weighted by Gasteiger charge is -2.05. The number of nitrogens with one attached hydrogen (secondary N) is 1. The third kappa shape index (κ3) is 3.59. The zero-order valence-corrected chi connectivity index (χ0v) is 11.6. The van der Waals surface area contributed by atoms with Crippen LogP contribution in [0.3, 0.4) is 0 Å². The molecule has 0 fully saturated rings. The van der Waals surface area contributed by atoms with Crippen molar-refractivity contribution in [2.24, 2.45) is 5.10 Å². The van der Waals surface area contributed by atoms with Crippen molar-refractivity contribution in [3.63, 3.8) is 0 Å². The Morgan fingerprint density at radius 3 is 2.55 bits per heavy atom. The Labute approximate surface area is 121 Å². The summed E-state index contributed by atoms with van der Waals surface area (Å²) in [7, 11) is 0. The standard InChI is InChI=1S/C15H13ClN2O2/c1-10(11-4-2-6-13(16)8-11)17-18-14-7-3-5-12(9-14)15(19)20/h2-9,18H,1H3,(H,19,20)/b17-10+. The molecule has 5 heteroatoms. The van der Waals surface area contributed by atoms with Gasteiger partial charge in [-0.3, -0.25) is 5.43 Å². The zero-order chi connectivity index (χ0) is 14.5. The van der Waals surface area contributed by atoms with Gasteiger partial charge in [0.15, 0.2) is 0 Å². The van der Waals surface area contributed by atoms with Crippen LogP contribution in [0, 0.1) is 0 Å². The summed E-state index contributed by atoms with van der Waals surface area (Å²) in [5.74, 6) is -0.968. The number of carbonyl (C=O) groups is 1. The summed E-state index contributed by atoms with van der Waals surface area (Å²) in [5, 5.41) is 13.8. The second-order valence-corrected chi connectivity index (χ2v) is 4.64. The van der Waals surface area contributed by atoms with Crippen molar-refractivity contribution < 1.29 is 9.90 Å². The lowest BCUT2D eigenvalue weighted by Crippen LogP contribution is -2.01. The van der Waals surface area contributed by atoms with Gasteiger partial charge in [0.25, 0.3) is 0 Å². The number of hydrogen-bond acceptors (Lipinski definition) is 3. The van der Waals surface area contributed by atoms with E-state index in [4.69, 9.17) is 16.7 Å². The molecule has 0 amide bonds. The van der Waals surface area contributed by atoms with Crippen LogP contribution in [0.1, 0.15) is 22.8 Å². The van der Waals surface area contributed by atoms with Gasteiger partial charge in [0.1, 0.15) is 0 Å². The average molecular weight is 289 g/mol. The van der Waals surface area contributed by atoms with E-state index in [1.807, 2.05) is 25.1 Å². The number of anilines is 1. The molecule has 0 aliphatic heterocycles. The van der Waals surface area contributed by atoms with E-state index in [0.29, 0.717) is 10.7 Å². The van der Waals surface area contributed by atoms with E-state index >= 15 is 0 Å². The van der Waals surface area contributed by atoms with Gasteiger partial charge in [-0.1, -0.05) is 29.8 Å². The van der Waals surface area contributed by atoms with E-state index in [1.165, 1.54) is 12.1 Å². The van der Waals surface area contributed by atoms with Gasteiger partial charge in [-0.05, 0) is 42.8 Å². The van der Waals surface area contributed by atoms with E-state index in [9.17, 15) is 4.79 Å². The maximum Gasteiger partial charge on any atom is 0.335 e. The molecular formula is C15H13ClN2O2. The van der Waals surface area contributed by atoms with Gasteiger partial charge in [0.2, 0.25) is 0 Å². The molecule has 2 N–H and O–H groups in total. The molecule has 0 aliphatic rings. The lowest BCUT2D eigenvalue weighted by molar-refractivity contribution is 0.0697. The summed E-state index contributed by atoms with van der Waals surface area (Å²) >= 11 is 5.92. The van der Waals surface area contributed by atoms with Crippen LogP contribution in [0.15, 0.2) is 53.6 Å². The molecule has 0 saturated heterocycles. The Hall–Kier alpha value is -2.33. The number of rotatable bonds is 4. The van der Waals surface area contributed by atoms with Crippen molar-refractivity contribution >= 4 is 29.0 Å². The second-order valence-electron chi connectivity index (χ2n) is 4.21. The fourth-order valence-corrected chi connectivity index (χ4v) is 1.84. The predicted molar refractivity (Wildman–Crippen MR) is 80.7 cm³/mol. The molecule has 102 valence electrons. The molecule has 0 unspecified atom stereocenters. The van der Waals surface area contributed by atoms with Gasteiger partial charge < -0.3 is 5.11 Å². The smallest absolute Gasteiger partial charge is 0.335 e. The zero-order valence-electron chi connectivity index (χ0n) is 10.8. The SMILES string of the molecule is C/C(=N\Nc1cccc(C(=O)O)c1)c1cccc(Cl)c1. The Bertz CT molecular complexity index is 668. The van der Waals surface area contributed by atoms with Gasteiger partial charge in [-0.2, -0.15) is 5.10 Å². The molecule has 0 spiro atoms. The van der Waals surface area contributed by atoms with E-state index in [2.05, 4.69) is 10.5 Å². The lowest BCUT2D eigenvalue weighted by atomic mass is 10.1.